The summed E-state index contributed by atoms with van der Waals surface area (Å²) in [5, 5.41) is 2.53. The number of aromatic nitrogens is 2. The van der Waals surface area contributed by atoms with Crippen molar-refractivity contribution in [3.8, 4) is 5.75 Å². The molecule has 0 aliphatic carbocycles. The monoisotopic (exact) mass is 527 g/mol. The molecule has 1 fully saturated rings. The minimum Gasteiger partial charge on any atom is -0.462 e. The van der Waals surface area contributed by atoms with Gasteiger partial charge in [0.15, 0.2) is 11.9 Å². The average molecular weight is 527 g/mol. The van der Waals surface area contributed by atoms with E-state index in [9.17, 15) is 18.9 Å². The van der Waals surface area contributed by atoms with E-state index in [-0.39, 0.29) is 12.2 Å². The second kappa shape index (κ2) is 11.1. The van der Waals surface area contributed by atoms with Gasteiger partial charge in [0, 0.05) is 12.3 Å². The highest BCUT2D eigenvalue weighted by Gasteiger charge is 2.58. The lowest BCUT2D eigenvalue weighted by atomic mass is 9.97. The quantitative estimate of drug-likeness (QED) is 0.353. The molecule has 2 heterocycles. The van der Waals surface area contributed by atoms with E-state index in [1.165, 1.54) is 19.1 Å². The molecule has 0 amide bonds. The van der Waals surface area contributed by atoms with Crippen LogP contribution in [0.5, 0.6) is 5.75 Å². The number of carbonyl (C=O) groups is 1. The van der Waals surface area contributed by atoms with Gasteiger partial charge in [0.05, 0.1) is 12.2 Å². The van der Waals surface area contributed by atoms with Gasteiger partial charge in [-0.3, -0.25) is 23.7 Å². The zero-order valence-corrected chi connectivity index (χ0v) is 21.6. The topological polar surface area (TPSA) is 138 Å². The molecule has 1 aromatic heterocycles. The molecule has 1 saturated heterocycles. The maximum absolute atomic E-state index is 16.3. The summed E-state index contributed by atoms with van der Waals surface area (Å²) < 4.78 is 53.5. The van der Waals surface area contributed by atoms with Gasteiger partial charge < -0.3 is 14.0 Å². The minimum absolute atomic E-state index is 0.152. The molecule has 6 atom stereocenters. The van der Waals surface area contributed by atoms with Crippen molar-refractivity contribution in [2.45, 2.75) is 77.3 Å². The first-order valence-corrected chi connectivity index (χ1v) is 13.1. The summed E-state index contributed by atoms with van der Waals surface area (Å²) in [5.41, 5.74) is -3.93. The number of rotatable bonds is 10. The number of aromatic amines is 1. The second-order valence-corrected chi connectivity index (χ2v) is 10.5. The van der Waals surface area contributed by atoms with Gasteiger partial charge in [-0.15, -0.1) is 0 Å². The Balaban J connectivity index is 1.95. The molecule has 1 aromatic carbocycles. The summed E-state index contributed by atoms with van der Waals surface area (Å²) in [6.45, 7) is 7.58. The van der Waals surface area contributed by atoms with E-state index in [1.54, 1.807) is 39.0 Å². The van der Waals surface area contributed by atoms with Crippen LogP contribution in [0.1, 0.15) is 47.3 Å². The van der Waals surface area contributed by atoms with E-state index in [2.05, 4.69) is 10.1 Å². The largest absolute Gasteiger partial charge is 0.462 e. The van der Waals surface area contributed by atoms with Gasteiger partial charge in [0.1, 0.15) is 17.9 Å². The van der Waals surface area contributed by atoms with Crippen LogP contribution in [0.2, 0.25) is 0 Å². The Morgan fingerprint density at radius 2 is 1.92 bits per heavy atom. The number of carbonyl (C=O) groups excluding carboxylic acids is 1. The maximum Gasteiger partial charge on any atom is 0.459 e. The number of H-pyrrole nitrogens is 1. The number of alkyl halides is 1. The summed E-state index contributed by atoms with van der Waals surface area (Å²) in [6, 6.07) is 7.97. The fourth-order valence-electron chi connectivity index (χ4n) is 3.78. The van der Waals surface area contributed by atoms with Gasteiger partial charge in [-0.2, -0.15) is 5.09 Å². The first-order chi connectivity index (χ1) is 16.9. The number of nitrogens with one attached hydrogen (secondary N) is 2. The van der Waals surface area contributed by atoms with E-state index >= 15 is 4.39 Å². The smallest absolute Gasteiger partial charge is 0.459 e. The van der Waals surface area contributed by atoms with Crippen LogP contribution in [-0.4, -0.2) is 45.5 Å². The molecular weight excluding hydrogens is 496 g/mol. The third-order valence-electron chi connectivity index (χ3n) is 5.47. The predicted octanol–water partition coefficient (Wildman–Crippen LogP) is 3.07. The number of nitrogens with zero attached hydrogens (tertiary/aromatic N) is 1. The van der Waals surface area contributed by atoms with Crippen LogP contribution in [0, 0.1) is 0 Å². The lowest BCUT2D eigenvalue weighted by Gasteiger charge is -2.31. The summed E-state index contributed by atoms with van der Waals surface area (Å²) >= 11 is 0. The summed E-state index contributed by atoms with van der Waals surface area (Å²) in [6.07, 6.45) is -3.01. The molecule has 2 N–H and O–H groups in total. The average Bonchev–Trinajstić information content (AvgIpc) is 3.03. The van der Waals surface area contributed by atoms with Gasteiger partial charge in [-0.05, 0) is 46.2 Å². The van der Waals surface area contributed by atoms with Crippen LogP contribution >= 0.6 is 7.75 Å². The molecule has 11 nitrogen and oxygen atoms in total. The van der Waals surface area contributed by atoms with Gasteiger partial charge >= 0.3 is 19.4 Å². The normalized spacial score (nSPS) is 26.4. The number of ether oxygens (including phenoxy) is 2. The van der Waals surface area contributed by atoms with Crippen molar-refractivity contribution in [2.75, 3.05) is 0 Å². The Labute approximate surface area is 207 Å². The van der Waals surface area contributed by atoms with Crippen LogP contribution in [0.4, 0.5) is 4.39 Å². The van der Waals surface area contributed by atoms with Crippen molar-refractivity contribution in [1.29, 1.82) is 0 Å². The van der Waals surface area contributed by atoms with Crippen molar-refractivity contribution in [3.63, 3.8) is 0 Å². The molecule has 2 aromatic rings. The third-order valence-corrected chi connectivity index (χ3v) is 7.12. The lowest BCUT2D eigenvalue weighted by molar-refractivity contribution is -0.149. The van der Waals surface area contributed by atoms with Crippen molar-refractivity contribution < 1.29 is 32.3 Å². The predicted molar refractivity (Wildman–Crippen MR) is 128 cm³/mol. The lowest BCUT2D eigenvalue weighted by Crippen LogP contribution is -2.45. The number of hydrogen-bond donors (Lipinski definition) is 2. The van der Waals surface area contributed by atoms with Crippen LogP contribution < -0.4 is 20.9 Å². The summed E-state index contributed by atoms with van der Waals surface area (Å²) in [7, 11) is -4.43. The Kier molecular flexibility index (Phi) is 8.55. The standard InChI is InChI=1S/C23H31FN3O8P/c1-6-17-19(23(5,24)21(33-17)27-13-12-18(28)25-22(27)30)35-36(31,34-16-10-8-7-9-11-16)26-15(4)20(29)32-14(2)3/h7-15,17,19,21H,6H2,1-5H3,(H,26,31)(H,25,28,30)/t15-,17+,19+,21+,23+,36?/m0/s1. The maximum atomic E-state index is 16.3. The highest BCUT2D eigenvalue weighted by atomic mass is 31.2. The minimum atomic E-state index is -4.43. The molecule has 0 spiro atoms. The van der Waals surface area contributed by atoms with Crippen molar-refractivity contribution in [1.82, 2.24) is 14.6 Å². The Morgan fingerprint density at radius 1 is 1.25 bits per heavy atom. The Hall–Kier alpha value is -2.79. The van der Waals surface area contributed by atoms with Crippen LogP contribution in [-0.2, 0) is 23.4 Å². The first-order valence-electron chi connectivity index (χ1n) is 11.5. The van der Waals surface area contributed by atoms with Gasteiger partial charge in [0.2, 0.25) is 0 Å². The van der Waals surface area contributed by atoms with E-state index < -0.39 is 61.2 Å². The fraction of sp³-hybridized carbons (Fsp3) is 0.522. The zero-order chi connectivity index (χ0) is 26.7. The second-order valence-electron chi connectivity index (χ2n) is 8.87. The number of benzene rings is 1. The fourth-order valence-corrected chi connectivity index (χ4v) is 5.55. The van der Waals surface area contributed by atoms with E-state index in [0.29, 0.717) is 0 Å². The molecule has 0 saturated carbocycles. The highest BCUT2D eigenvalue weighted by Crippen LogP contribution is 2.53. The van der Waals surface area contributed by atoms with Gasteiger partial charge in [0.25, 0.3) is 5.56 Å². The van der Waals surface area contributed by atoms with E-state index in [4.69, 9.17) is 18.5 Å². The van der Waals surface area contributed by atoms with Crippen LogP contribution in [0.15, 0.2) is 52.2 Å². The molecule has 1 aliphatic rings. The molecular formula is C23H31FN3O8P. The van der Waals surface area contributed by atoms with Crippen molar-refractivity contribution in [2.24, 2.45) is 0 Å². The van der Waals surface area contributed by atoms with Crippen molar-refractivity contribution in [3.05, 3.63) is 63.4 Å². The SMILES string of the molecule is CC[C@H]1O[C@@H](n2ccc(=O)[nH]c2=O)[C@](C)(F)[C@@H]1OP(=O)(N[C@@H](C)C(=O)OC(C)C)Oc1ccccc1. The van der Waals surface area contributed by atoms with Gasteiger partial charge in [-0.1, -0.05) is 25.1 Å². The number of esters is 1. The molecule has 198 valence electrons. The van der Waals surface area contributed by atoms with Gasteiger partial charge in [-0.25, -0.2) is 13.8 Å². The molecule has 36 heavy (non-hydrogen) atoms. The van der Waals surface area contributed by atoms with Crippen LogP contribution in [0.3, 0.4) is 0 Å². The zero-order valence-electron chi connectivity index (χ0n) is 20.7. The number of para-hydroxylation sites is 1. The molecule has 13 heteroatoms. The Bertz CT molecular complexity index is 1220. The summed E-state index contributed by atoms with van der Waals surface area (Å²) in [5.74, 6) is -0.556. The van der Waals surface area contributed by atoms with Crippen LogP contribution in [0.25, 0.3) is 0 Å². The van der Waals surface area contributed by atoms with E-state index in [0.717, 1.165) is 23.8 Å². The summed E-state index contributed by atoms with van der Waals surface area (Å²) in [4.78, 5) is 38.2. The molecule has 1 aliphatic heterocycles. The molecule has 1 unspecified atom stereocenters. The first kappa shape index (κ1) is 27.8. The third kappa shape index (κ3) is 6.31. The highest BCUT2D eigenvalue weighted by molar-refractivity contribution is 7.52. The molecule has 0 radical (unpaired) electrons. The van der Waals surface area contributed by atoms with Crippen molar-refractivity contribution >= 4 is 13.7 Å². The Morgan fingerprint density at radius 3 is 2.50 bits per heavy atom. The molecule has 0 bridgehead atoms. The molecule has 3 rings (SSSR count). The number of halogens is 1. The number of hydrogen-bond acceptors (Lipinski definition) is 8. The van der Waals surface area contributed by atoms with E-state index in [1.807, 2.05) is 0 Å².